The third-order valence-corrected chi connectivity index (χ3v) is 3.99. The molecule has 0 aliphatic rings. The van der Waals surface area contributed by atoms with Gasteiger partial charge in [0.25, 0.3) is 11.8 Å². The number of anilines is 1. The number of thiazole rings is 1. The standard InChI is InChI=1S/C16H20N4O2S/c1-2-9-18-15(21)11-3-5-12(6-4-11)19-16(22)13-10-23-14(20-13)7-8-17/h3-6,10H,2,7-9,17H2,1H3,(H,18,21)(H,19,22). The maximum Gasteiger partial charge on any atom is 0.275 e. The minimum absolute atomic E-state index is 0.115. The molecule has 0 bridgehead atoms. The Labute approximate surface area is 139 Å². The van der Waals surface area contributed by atoms with Crippen LogP contribution < -0.4 is 16.4 Å². The molecule has 0 aliphatic heterocycles. The lowest BCUT2D eigenvalue weighted by Crippen LogP contribution is -2.23. The number of nitrogens with zero attached hydrogens (tertiary/aromatic N) is 1. The zero-order valence-corrected chi connectivity index (χ0v) is 13.8. The van der Waals surface area contributed by atoms with Gasteiger partial charge in [0.1, 0.15) is 5.69 Å². The van der Waals surface area contributed by atoms with Crippen molar-refractivity contribution in [3.05, 3.63) is 45.9 Å². The molecule has 0 radical (unpaired) electrons. The Bertz CT molecular complexity index is 667. The summed E-state index contributed by atoms with van der Waals surface area (Å²) >= 11 is 1.42. The largest absolute Gasteiger partial charge is 0.352 e. The molecule has 1 aromatic heterocycles. The van der Waals surface area contributed by atoms with Crippen molar-refractivity contribution in [2.24, 2.45) is 5.73 Å². The van der Waals surface area contributed by atoms with Crippen LogP contribution in [0.5, 0.6) is 0 Å². The number of nitrogens with one attached hydrogen (secondary N) is 2. The van der Waals surface area contributed by atoms with Crippen LogP contribution in [-0.2, 0) is 6.42 Å². The first-order chi connectivity index (χ1) is 11.1. The van der Waals surface area contributed by atoms with Crippen LogP contribution in [0.4, 0.5) is 5.69 Å². The number of amides is 2. The molecule has 1 aromatic carbocycles. The summed E-state index contributed by atoms with van der Waals surface area (Å²) in [6, 6.07) is 6.76. The van der Waals surface area contributed by atoms with Crippen LogP contribution in [0.1, 0.15) is 39.2 Å². The first-order valence-electron chi connectivity index (χ1n) is 7.48. The van der Waals surface area contributed by atoms with Crippen LogP contribution >= 0.6 is 11.3 Å². The number of carbonyl (C=O) groups excluding carboxylic acids is 2. The molecule has 2 rings (SSSR count). The highest BCUT2D eigenvalue weighted by Crippen LogP contribution is 2.14. The molecule has 4 N–H and O–H groups in total. The average molecular weight is 332 g/mol. The summed E-state index contributed by atoms with van der Waals surface area (Å²) < 4.78 is 0. The highest BCUT2D eigenvalue weighted by Gasteiger charge is 2.11. The molecule has 122 valence electrons. The normalized spacial score (nSPS) is 10.3. The smallest absolute Gasteiger partial charge is 0.275 e. The summed E-state index contributed by atoms with van der Waals surface area (Å²) in [6.07, 6.45) is 1.55. The van der Waals surface area contributed by atoms with E-state index < -0.39 is 0 Å². The van der Waals surface area contributed by atoms with Gasteiger partial charge in [-0.2, -0.15) is 0 Å². The second kappa shape index (κ2) is 8.40. The number of carbonyl (C=O) groups is 2. The summed E-state index contributed by atoms with van der Waals surface area (Å²) in [5.74, 6) is -0.386. The summed E-state index contributed by atoms with van der Waals surface area (Å²) in [7, 11) is 0. The van der Waals surface area contributed by atoms with E-state index >= 15 is 0 Å². The van der Waals surface area contributed by atoms with E-state index in [4.69, 9.17) is 5.73 Å². The summed E-state index contributed by atoms with van der Waals surface area (Å²) in [4.78, 5) is 28.2. The second-order valence-electron chi connectivity index (χ2n) is 4.95. The molecule has 0 atom stereocenters. The maximum absolute atomic E-state index is 12.1. The highest BCUT2D eigenvalue weighted by molar-refractivity contribution is 7.09. The molecule has 0 spiro atoms. The van der Waals surface area contributed by atoms with E-state index in [1.54, 1.807) is 29.6 Å². The van der Waals surface area contributed by atoms with E-state index in [1.807, 2.05) is 6.92 Å². The molecule has 1 heterocycles. The molecule has 0 aliphatic carbocycles. The molecule has 0 saturated heterocycles. The van der Waals surface area contributed by atoms with Crippen LogP contribution in [0, 0.1) is 0 Å². The third kappa shape index (κ3) is 4.87. The summed E-state index contributed by atoms with van der Waals surface area (Å²) in [6.45, 7) is 3.15. The Morgan fingerprint density at radius 1 is 1.22 bits per heavy atom. The van der Waals surface area contributed by atoms with Crippen molar-refractivity contribution in [1.29, 1.82) is 0 Å². The van der Waals surface area contributed by atoms with Gasteiger partial charge >= 0.3 is 0 Å². The Morgan fingerprint density at radius 2 is 1.96 bits per heavy atom. The molecular weight excluding hydrogens is 312 g/mol. The van der Waals surface area contributed by atoms with E-state index in [0.29, 0.717) is 36.5 Å². The highest BCUT2D eigenvalue weighted by atomic mass is 32.1. The van der Waals surface area contributed by atoms with Crippen molar-refractivity contribution in [2.45, 2.75) is 19.8 Å². The van der Waals surface area contributed by atoms with E-state index in [1.165, 1.54) is 11.3 Å². The minimum Gasteiger partial charge on any atom is -0.352 e. The monoisotopic (exact) mass is 332 g/mol. The van der Waals surface area contributed by atoms with Gasteiger partial charge in [0.05, 0.1) is 5.01 Å². The maximum atomic E-state index is 12.1. The van der Waals surface area contributed by atoms with Crippen molar-refractivity contribution < 1.29 is 9.59 Å². The van der Waals surface area contributed by atoms with Crippen molar-refractivity contribution in [3.63, 3.8) is 0 Å². The van der Waals surface area contributed by atoms with Gasteiger partial charge in [0.2, 0.25) is 0 Å². The molecule has 23 heavy (non-hydrogen) atoms. The van der Waals surface area contributed by atoms with Gasteiger partial charge in [-0.15, -0.1) is 11.3 Å². The lowest BCUT2D eigenvalue weighted by molar-refractivity contribution is 0.0953. The van der Waals surface area contributed by atoms with Gasteiger partial charge in [-0.05, 0) is 37.2 Å². The Morgan fingerprint density at radius 3 is 2.61 bits per heavy atom. The number of nitrogens with two attached hydrogens (primary N) is 1. The summed E-state index contributed by atoms with van der Waals surface area (Å²) in [5.41, 5.74) is 7.04. The van der Waals surface area contributed by atoms with Crippen LogP contribution in [0.3, 0.4) is 0 Å². The zero-order chi connectivity index (χ0) is 16.7. The van der Waals surface area contributed by atoms with E-state index in [2.05, 4.69) is 15.6 Å². The SMILES string of the molecule is CCCNC(=O)c1ccc(NC(=O)c2csc(CCN)n2)cc1. The molecule has 6 nitrogen and oxygen atoms in total. The van der Waals surface area contributed by atoms with Crippen molar-refractivity contribution in [1.82, 2.24) is 10.3 Å². The average Bonchev–Trinajstić information content (AvgIpc) is 3.02. The van der Waals surface area contributed by atoms with Gasteiger partial charge in [-0.1, -0.05) is 6.92 Å². The fraction of sp³-hybridized carbons (Fsp3) is 0.312. The molecule has 7 heteroatoms. The number of aromatic nitrogens is 1. The number of hydrogen-bond acceptors (Lipinski definition) is 5. The number of benzene rings is 1. The van der Waals surface area contributed by atoms with Crippen LogP contribution in [0.2, 0.25) is 0 Å². The van der Waals surface area contributed by atoms with Gasteiger partial charge in [0, 0.05) is 29.6 Å². The molecular formula is C16H20N4O2S. The van der Waals surface area contributed by atoms with Crippen molar-refractivity contribution in [2.75, 3.05) is 18.4 Å². The van der Waals surface area contributed by atoms with E-state index in [-0.39, 0.29) is 11.8 Å². The number of hydrogen-bond donors (Lipinski definition) is 3. The van der Waals surface area contributed by atoms with Gasteiger partial charge in [0.15, 0.2) is 0 Å². The lowest BCUT2D eigenvalue weighted by Gasteiger charge is -2.06. The first-order valence-corrected chi connectivity index (χ1v) is 8.36. The van der Waals surface area contributed by atoms with E-state index in [9.17, 15) is 9.59 Å². The van der Waals surface area contributed by atoms with Crippen LogP contribution in [0.25, 0.3) is 0 Å². The Kier molecular flexibility index (Phi) is 6.25. The van der Waals surface area contributed by atoms with Crippen LogP contribution in [-0.4, -0.2) is 29.9 Å². The number of rotatable bonds is 7. The topological polar surface area (TPSA) is 97.1 Å². The fourth-order valence-electron chi connectivity index (χ4n) is 1.89. The zero-order valence-electron chi connectivity index (χ0n) is 13.0. The first kappa shape index (κ1) is 17.1. The fourth-order valence-corrected chi connectivity index (χ4v) is 2.69. The third-order valence-electron chi connectivity index (χ3n) is 3.08. The molecule has 0 fully saturated rings. The molecule has 2 amide bonds. The predicted octanol–water partition coefficient (Wildman–Crippen LogP) is 2.04. The quantitative estimate of drug-likeness (QED) is 0.723. The van der Waals surface area contributed by atoms with Crippen LogP contribution in [0.15, 0.2) is 29.6 Å². The van der Waals surface area contributed by atoms with Crippen molar-refractivity contribution >= 4 is 28.8 Å². The van der Waals surface area contributed by atoms with E-state index in [0.717, 1.165) is 11.4 Å². The minimum atomic E-state index is -0.271. The molecule has 0 unspecified atom stereocenters. The van der Waals surface area contributed by atoms with Gasteiger partial charge in [-0.25, -0.2) is 4.98 Å². The Hall–Kier alpha value is -2.25. The Balaban J connectivity index is 1.96. The molecule has 2 aromatic rings. The second-order valence-corrected chi connectivity index (χ2v) is 5.90. The molecule has 0 saturated carbocycles. The predicted molar refractivity (Wildman–Crippen MR) is 91.9 cm³/mol. The van der Waals surface area contributed by atoms with Crippen molar-refractivity contribution in [3.8, 4) is 0 Å². The lowest BCUT2D eigenvalue weighted by atomic mass is 10.2. The summed E-state index contributed by atoms with van der Waals surface area (Å²) in [5, 5.41) is 8.13. The van der Waals surface area contributed by atoms with Gasteiger partial charge in [-0.3, -0.25) is 9.59 Å². The van der Waals surface area contributed by atoms with Gasteiger partial charge < -0.3 is 16.4 Å².